The van der Waals surface area contributed by atoms with Crippen molar-refractivity contribution in [2.24, 2.45) is 0 Å². The fraction of sp³-hybridized carbons (Fsp3) is 0.444. The maximum absolute atomic E-state index is 12.3. The van der Waals surface area contributed by atoms with Gasteiger partial charge in [-0.2, -0.15) is 0 Å². The number of rotatable bonds is 6. The molecule has 1 unspecified atom stereocenters. The van der Waals surface area contributed by atoms with Gasteiger partial charge >= 0.3 is 5.97 Å². The topological polar surface area (TPSA) is 72.8 Å². The van der Waals surface area contributed by atoms with E-state index < -0.39 is 12.1 Å². The van der Waals surface area contributed by atoms with Gasteiger partial charge in [-0.15, -0.1) is 0 Å². The summed E-state index contributed by atoms with van der Waals surface area (Å²) in [6, 6.07) is 3.48. The molecular weight excluding hydrogens is 296 g/mol. The van der Waals surface area contributed by atoms with Crippen molar-refractivity contribution < 1.29 is 24.2 Å². The summed E-state index contributed by atoms with van der Waals surface area (Å²) in [4.78, 5) is 23.7. The zero-order valence-corrected chi connectivity index (χ0v) is 13.5. The molecule has 0 saturated carbocycles. The van der Waals surface area contributed by atoms with Gasteiger partial charge in [-0.05, 0) is 31.1 Å². The third kappa shape index (κ3) is 3.99. The van der Waals surface area contributed by atoms with Gasteiger partial charge in [0, 0.05) is 11.6 Å². The molecule has 0 spiro atoms. The number of hydrogen-bond acceptors (Lipinski definition) is 5. The predicted octanol–water partition coefficient (Wildman–Crippen LogP) is 2.58. The molecule has 1 aliphatic heterocycles. The molecule has 1 aromatic rings. The summed E-state index contributed by atoms with van der Waals surface area (Å²) >= 11 is 0. The summed E-state index contributed by atoms with van der Waals surface area (Å²) in [5.74, 6) is 0.0620. The van der Waals surface area contributed by atoms with Crippen LogP contribution >= 0.6 is 0 Å². The number of aliphatic hydroxyl groups is 1. The van der Waals surface area contributed by atoms with Crippen LogP contribution in [0.5, 0.6) is 5.75 Å². The minimum atomic E-state index is -0.496. The average Bonchev–Trinajstić information content (AvgIpc) is 2.54. The lowest BCUT2D eigenvalue weighted by Crippen LogP contribution is -2.26. The van der Waals surface area contributed by atoms with E-state index in [4.69, 9.17) is 9.47 Å². The molecule has 124 valence electrons. The van der Waals surface area contributed by atoms with E-state index in [1.807, 2.05) is 6.92 Å². The van der Waals surface area contributed by atoms with E-state index in [0.717, 1.165) is 24.0 Å². The van der Waals surface area contributed by atoms with Crippen LogP contribution in [0.15, 0.2) is 24.3 Å². The second-order valence-electron chi connectivity index (χ2n) is 5.38. The Bertz CT molecular complexity index is 618. The van der Waals surface area contributed by atoms with Crippen LogP contribution in [-0.4, -0.2) is 29.6 Å². The van der Waals surface area contributed by atoms with Crippen LogP contribution in [0.4, 0.5) is 0 Å². The van der Waals surface area contributed by atoms with Crippen LogP contribution in [-0.2, 0) is 22.6 Å². The van der Waals surface area contributed by atoms with Crippen molar-refractivity contribution in [2.45, 2.75) is 45.8 Å². The Morgan fingerprint density at radius 2 is 2.22 bits per heavy atom. The molecule has 2 rings (SSSR count). The van der Waals surface area contributed by atoms with Crippen LogP contribution < -0.4 is 4.74 Å². The molecule has 1 heterocycles. The van der Waals surface area contributed by atoms with E-state index in [9.17, 15) is 14.7 Å². The number of Topliss-reactive ketones (excluding diaryl/α,β-unsaturated/α-hetero) is 1. The first-order chi connectivity index (χ1) is 11.1. The molecule has 1 N–H and O–H groups in total. The van der Waals surface area contributed by atoms with Gasteiger partial charge in [0.05, 0.1) is 25.2 Å². The Balaban J connectivity index is 2.29. The highest BCUT2D eigenvalue weighted by molar-refractivity contribution is 6.00. The first kappa shape index (κ1) is 17.2. The first-order valence-electron chi connectivity index (χ1n) is 7.91. The summed E-state index contributed by atoms with van der Waals surface area (Å²) in [5.41, 5.74) is 2.19. The number of hydrogen-bond donors (Lipinski definition) is 1. The normalized spacial score (nSPS) is 17.0. The number of fused-ring (bicyclic) bond motifs is 1. The van der Waals surface area contributed by atoms with Crippen molar-refractivity contribution >= 4 is 11.8 Å². The SMILES string of the molecule is CCCc1c(CO)ccc2c1OC(/C=C/C(=O)OCC)CC2=O. The standard InChI is InChI=1S/C18H22O5/c1-3-5-14-12(11-19)6-8-15-16(20)10-13(23-18(14)15)7-9-17(21)22-4-2/h6-9,13,19H,3-5,10-11H2,1-2H3/b9-7+. The molecule has 1 atom stereocenters. The molecule has 0 aromatic heterocycles. The van der Waals surface area contributed by atoms with E-state index in [2.05, 4.69) is 0 Å². The van der Waals surface area contributed by atoms with E-state index in [1.54, 1.807) is 25.1 Å². The molecule has 0 fully saturated rings. The van der Waals surface area contributed by atoms with Gasteiger partial charge in [0.15, 0.2) is 5.78 Å². The Morgan fingerprint density at radius 3 is 2.87 bits per heavy atom. The highest BCUT2D eigenvalue weighted by atomic mass is 16.5. The van der Waals surface area contributed by atoms with Gasteiger partial charge in [0.1, 0.15) is 11.9 Å². The van der Waals surface area contributed by atoms with Gasteiger partial charge in [0.2, 0.25) is 0 Å². The van der Waals surface area contributed by atoms with Crippen molar-refractivity contribution in [2.75, 3.05) is 6.61 Å². The molecule has 0 saturated heterocycles. The van der Waals surface area contributed by atoms with Gasteiger partial charge in [-0.25, -0.2) is 4.79 Å². The minimum absolute atomic E-state index is 0.0217. The number of ketones is 1. The van der Waals surface area contributed by atoms with Crippen molar-refractivity contribution in [1.82, 2.24) is 0 Å². The van der Waals surface area contributed by atoms with Crippen molar-refractivity contribution in [3.63, 3.8) is 0 Å². The average molecular weight is 318 g/mol. The smallest absolute Gasteiger partial charge is 0.330 e. The maximum Gasteiger partial charge on any atom is 0.330 e. The summed E-state index contributed by atoms with van der Waals surface area (Å²) in [7, 11) is 0. The van der Waals surface area contributed by atoms with Crippen LogP contribution in [0.25, 0.3) is 0 Å². The summed E-state index contributed by atoms with van der Waals surface area (Å²) in [5, 5.41) is 9.50. The van der Waals surface area contributed by atoms with Crippen LogP contribution in [0, 0.1) is 0 Å². The number of carbonyl (C=O) groups is 2. The van der Waals surface area contributed by atoms with E-state index in [0.29, 0.717) is 17.9 Å². The van der Waals surface area contributed by atoms with Crippen LogP contribution in [0.2, 0.25) is 0 Å². The fourth-order valence-electron chi connectivity index (χ4n) is 2.66. The van der Waals surface area contributed by atoms with Gasteiger partial charge < -0.3 is 14.6 Å². The maximum atomic E-state index is 12.3. The number of carbonyl (C=O) groups excluding carboxylic acids is 2. The highest BCUT2D eigenvalue weighted by Crippen LogP contribution is 2.35. The van der Waals surface area contributed by atoms with Crippen molar-refractivity contribution in [1.29, 1.82) is 0 Å². The molecule has 1 aromatic carbocycles. The Kier molecular flexibility index (Phi) is 5.93. The third-order valence-electron chi connectivity index (χ3n) is 3.72. The number of aliphatic hydroxyl groups excluding tert-OH is 1. The van der Waals surface area contributed by atoms with E-state index >= 15 is 0 Å². The monoisotopic (exact) mass is 318 g/mol. The number of benzene rings is 1. The molecule has 5 heteroatoms. The Labute approximate surface area is 135 Å². The van der Waals surface area contributed by atoms with Crippen molar-refractivity contribution in [3.05, 3.63) is 41.0 Å². The molecule has 0 radical (unpaired) electrons. The number of esters is 1. The molecule has 0 aliphatic carbocycles. The molecule has 0 amide bonds. The van der Waals surface area contributed by atoms with Gasteiger partial charge in [-0.1, -0.05) is 19.4 Å². The summed E-state index contributed by atoms with van der Waals surface area (Å²) in [6.07, 6.45) is 4.14. The quantitative estimate of drug-likeness (QED) is 0.645. The fourth-order valence-corrected chi connectivity index (χ4v) is 2.66. The highest BCUT2D eigenvalue weighted by Gasteiger charge is 2.28. The minimum Gasteiger partial charge on any atom is -0.485 e. The van der Waals surface area contributed by atoms with Crippen molar-refractivity contribution in [3.8, 4) is 5.75 Å². The molecule has 5 nitrogen and oxygen atoms in total. The lowest BCUT2D eigenvalue weighted by molar-refractivity contribution is -0.137. The van der Waals surface area contributed by atoms with Gasteiger partial charge in [0.25, 0.3) is 0 Å². The van der Waals surface area contributed by atoms with E-state index in [-0.39, 0.29) is 18.8 Å². The first-order valence-corrected chi connectivity index (χ1v) is 7.91. The summed E-state index contributed by atoms with van der Waals surface area (Å²) < 4.78 is 10.8. The largest absolute Gasteiger partial charge is 0.485 e. The Hall–Kier alpha value is -2.14. The van der Waals surface area contributed by atoms with Crippen LogP contribution in [0.1, 0.15) is 48.2 Å². The Morgan fingerprint density at radius 1 is 1.43 bits per heavy atom. The lowest BCUT2D eigenvalue weighted by Gasteiger charge is -2.26. The predicted molar refractivity (Wildman–Crippen MR) is 85.5 cm³/mol. The number of ether oxygens (including phenoxy) is 2. The molecule has 1 aliphatic rings. The summed E-state index contributed by atoms with van der Waals surface area (Å²) in [6.45, 7) is 3.97. The zero-order valence-electron chi connectivity index (χ0n) is 13.5. The second-order valence-corrected chi connectivity index (χ2v) is 5.38. The van der Waals surface area contributed by atoms with Gasteiger partial charge in [-0.3, -0.25) is 4.79 Å². The van der Waals surface area contributed by atoms with Crippen LogP contribution in [0.3, 0.4) is 0 Å². The second kappa shape index (κ2) is 7.92. The van der Waals surface area contributed by atoms with E-state index in [1.165, 1.54) is 6.08 Å². The molecule has 0 bridgehead atoms. The molecular formula is C18H22O5. The third-order valence-corrected chi connectivity index (χ3v) is 3.72. The zero-order chi connectivity index (χ0) is 16.8. The molecule has 23 heavy (non-hydrogen) atoms. The lowest BCUT2D eigenvalue weighted by atomic mass is 9.93.